The number of carbonyl (C=O) groups is 1. The van der Waals surface area contributed by atoms with Gasteiger partial charge in [-0.3, -0.25) is 19.7 Å². The van der Waals surface area contributed by atoms with E-state index in [2.05, 4.69) is 28.1 Å². The molecule has 5 nitrogen and oxygen atoms in total. The van der Waals surface area contributed by atoms with Crippen LogP contribution in [0.2, 0.25) is 0 Å². The van der Waals surface area contributed by atoms with Gasteiger partial charge in [0.15, 0.2) is 0 Å². The highest BCUT2D eigenvalue weighted by atomic mass is 16.4. The number of aliphatic carboxylic acids is 1. The summed E-state index contributed by atoms with van der Waals surface area (Å²) < 4.78 is 0. The predicted octanol–water partition coefficient (Wildman–Crippen LogP) is 3.82. The van der Waals surface area contributed by atoms with E-state index in [1.165, 1.54) is 0 Å². The summed E-state index contributed by atoms with van der Waals surface area (Å²) >= 11 is 0. The van der Waals surface area contributed by atoms with Crippen LogP contribution in [-0.4, -0.2) is 39.0 Å². The third-order valence-corrected chi connectivity index (χ3v) is 5.36. The fraction of sp³-hybridized carbons (Fsp3) is 0.318. The molecule has 1 aliphatic heterocycles. The van der Waals surface area contributed by atoms with Gasteiger partial charge < -0.3 is 5.11 Å². The Hall–Kier alpha value is -2.79. The zero-order valence-corrected chi connectivity index (χ0v) is 15.4. The van der Waals surface area contributed by atoms with Crippen LogP contribution >= 0.6 is 0 Å². The Balaban J connectivity index is 1.72. The van der Waals surface area contributed by atoms with Crippen LogP contribution in [0.5, 0.6) is 0 Å². The molecule has 1 fully saturated rings. The molecule has 1 aliphatic rings. The maximum absolute atomic E-state index is 11.3. The predicted molar refractivity (Wildman–Crippen MR) is 104 cm³/mol. The number of hydrogen-bond donors (Lipinski definition) is 1. The Morgan fingerprint density at radius 2 is 1.93 bits per heavy atom. The highest BCUT2D eigenvalue weighted by Crippen LogP contribution is 2.32. The summed E-state index contributed by atoms with van der Waals surface area (Å²) in [6.45, 7) is 3.48. The zero-order chi connectivity index (χ0) is 18.8. The number of hydrogen-bond acceptors (Lipinski definition) is 4. The first-order valence-corrected chi connectivity index (χ1v) is 9.37. The average Bonchev–Trinajstić information content (AvgIpc) is 2.68. The topological polar surface area (TPSA) is 66.3 Å². The van der Waals surface area contributed by atoms with Gasteiger partial charge in [0.25, 0.3) is 0 Å². The van der Waals surface area contributed by atoms with Crippen molar-refractivity contribution in [1.82, 2.24) is 14.9 Å². The van der Waals surface area contributed by atoms with Gasteiger partial charge in [0.05, 0.1) is 23.2 Å². The van der Waals surface area contributed by atoms with Gasteiger partial charge in [0.2, 0.25) is 0 Å². The Bertz CT molecular complexity index is 964. The van der Waals surface area contributed by atoms with E-state index in [1.54, 1.807) is 0 Å². The molecule has 0 spiro atoms. The molecule has 27 heavy (non-hydrogen) atoms. The minimum absolute atomic E-state index is 0.0169. The molecule has 4 rings (SSSR count). The number of nitrogens with zero attached hydrogens (tertiary/aromatic N) is 3. The summed E-state index contributed by atoms with van der Waals surface area (Å²) in [5.41, 5.74) is 4.04. The van der Waals surface area contributed by atoms with Gasteiger partial charge in [-0.15, -0.1) is 0 Å². The number of likely N-dealkylation sites (tertiary alicyclic amines) is 1. The molecule has 5 heteroatoms. The smallest absolute Gasteiger partial charge is 0.306 e. The van der Waals surface area contributed by atoms with Gasteiger partial charge in [0, 0.05) is 17.3 Å². The lowest BCUT2D eigenvalue weighted by Crippen LogP contribution is -2.39. The summed E-state index contributed by atoms with van der Waals surface area (Å²) in [5, 5.41) is 10.4. The summed E-state index contributed by atoms with van der Waals surface area (Å²) in [5.74, 6) is -0.936. The molecular weight excluding hydrogens is 338 g/mol. The fourth-order valence-electron chi connectivity index (χ4n) is 3.93. The van der Waals surface area contributed by atoms with Crippen LogP contribution in [0.3, 0.4) is 0 Å². The van der Waals surface area contributed by atoms with Crippen molar-refractivity contribution in [3.05, 3.63) is 71.7 Å². The van der Waals surface area contributed by atoms with E-state index in [4.69, 9.17) is 4.98 Å². The second-order valence-electron chi connectivity index (χ2n) is 7.22. The average molecular weight is 361 g/mol. The Kier molecular flexibility index (Phi) is 4.86. The second-order valence-corrected chi connectivity index (χ2v) is 7.22. The van der Waals surface area contributed by atoms with Crippen molar-refractivity contribution in [2.24, 2.45) is 5.92 Å². The molecule has 138 valence electrons. The molecule has 1 saturated heterocycles. The first kappa shape index (κ1) is 17.6. The van der Waals surface area contributed by atoms with E-state index in [-0.39, 0.29) is 12.0 Å². The number of fused-ring (bicyclic) bond motifs is 1. The molecule has 3 heterocycles. The number of pyridine rings is 2. The van der Waals surface area contributed by atoms with Crippen molar-refractivity contribution < 1.29 is 9.90 Å². The number of piperidine rings is 1. The lowest BCUT2D eigenvalue weighted by Gasteiger charge is -2.36. The third-order valence-electron chi connectivity index (χ3n) is 5.36. The van der Waals surface area contributed by atoms with E-state index in [0.717, 1.165) is 40.9 Å². The molecule has 0 radical (unpaired) electrons. The van der Waals surface area contributed by atoms with Crippen molar-refractivity contribution in [1.29, 1.82) is 0 Å². The highest BCUT2D eigenvalue weighted by molar-refractivity contribution is 5.79. The van der Waals surface area contributed by atoms with E-state index in [0.29, 0.717) is 12.8 Å². The molecule has 2 aromatic heterocycles. The standard InChI is InChI=1S/C22H23N3O2/c1-15-5-4-8-20(24-15)21(25-11-9-16(10-12-25)22(26)27)18-13-17-6-2-3-7-19(17)23-14-18/h2-8,13-14,16,21H,9-12H2,1H3,(H,26,27). The number of carboxylic acid groups (broad SMARTS) is 1. The summed E-state index contributed by atoms with van der Waals surface area (Å²) in [4.78, 5) is 23.1. The van der Waals surface area contributed by atoms with Crippen molar-refractivity contribution in [3.8, 4) is 0 Å². The van der Waals surface area contributed by atoms with Crippen LogP contribution in [0, 0.1) is 12.8 Å². The molecular formula is C22H23N3O2. The third kappa shape index (κ3) is 3.69. The van der Waals surface area contributed by atoms with Gasteiger partial charge in [-0.05, 0) is 62.7 Å². The number of aryl methyl sites for hydroxylation is 1. The summed E-state index contributed by atoms with van der Waals surface area (Å²) in [7, 11) is 0. The molecule has 0 saturated carbocycles. The Morgan fingerprint density at radius 1 is 1.15 bits per heavy atom. The molecule has 3 aromatic rings. The quantitative estimate of drug-likeness (QED) is 0.765. The fourth-order valence-corrected chi connectivity index (χ4v) is 3.93. The molecule has 1 N–H and O–H groups in total. The monoisotopic (exact) mass is 361 g/mol. The van der Waals surface area contributed by atoms with Crippen LogP contribution in [0.25, 0.3) is 10.9 Å². The normalized spacial score (nSPS) is 17.1. The van der Waals surface area contributed by atoms with Gasteiger partial charge >= 0.3 is 5.97 Å². The Labute approximate surface area is 158 Å². The van der Waals surface area contributed by atoms with Crippen molar-refractivity contribution in [3.63, 3.8) is 0 Å². The van der Waals surface area contributed by atoms with Crippen LogP contribution in [0.15, 0.2) is 54.7 Å². The van der Waals surface area contributed by atoms with Crippen LogP contribution in [0.1, 0.15) is 35.8 Å². The van der Waals surface area contributed by atoms with Gasteiger partial charge in [0.1, 0.15) is 0 Å². The summed E-state index contributed by atoms with van der Waals surface area (Å²) in [6, 6.07) is 16.3. The minimum Gasteiger partial charge on any atom is -0.481 e. The minimum atomic E-state index is -0.688. The number of aromatic nitrogens is 2. The second kappa shape index (κ2) is 7.45. The van der Waals surface area contributed by atoms with E-state index < -0.39 is 5.97 Å². The number of para-hydroxylation sites is 1. The maximum Gasteiger partial charge on any atom is 0.306 e. The van der Waals surface area contributed by atoms with Crippen LogP contribution in [0.4, 0.5) is 0 Å². The van der Waals surface area contributed by atoms with E-state index in [1.807, 2.05) is 43.5 Å². The molecule has 1 atom stereocenters. The lowest BCUT2D eigenvalue weighted by molar-refractivity contribution is -0.143. The SMILES string of the molecule is Cc1cccc(C(c2cnc3ccccc3c2)N2CCC(C(=O)O)CC2)n1. The molecule has 0 amide bonds. The molecule has 1 unspecified atom stereocenters. The van der Waals surface area contributed by atoms with Crippen molar-refractivity contribution in [2.75, 3.05) is 13.1 Å². The van der Waals surface area contributed by atoms with Crippen molar-refractivity contribution in [2.45, 2.75) is 25.8 Å². The first-order chi connectivity index (χ1) is 13.1. The van der Waals surface area contributed by atoms with Gasteiger partial charge in [-0.25, -0.2) is 0 Å². The lowest BCUT2D eigenvalue weighted by atomic mass is 9.93. The maximum atomic E-state index is 11.3. The van der Waals surface area contributed by atoms with Gasteiger partial charge in [-0.2, -0.15) is 0 Å². The highest BCUT2D eigenvalue weighted by Gasteiger charge is 2.31. The van der Waals surface area contributed by atoms with E-state index in [9.17, 15) is 9.90 Å². The molecule has 0 aliphatic carbocycles. The molecule has 0 bridgehead atoms. The summed E-state index contributed by atoms with van der Waals surface area (Å²) in [6.07, 6.45) is 3.26. The largest absolute Gasteiger partial charge is 0.481 e. The van der Waals surface area contributed by atoms with Crippen LogP contribution < -0.4 is 0 Å². The van der Waals surface area contributed by atoms with Gasteiger partial charge in [-0.1, -0.05) is 24.3 Å². The first-order valence-electron chi connectivity index (χ1n) is 9.37. The van der Waals surface area contributed by atoms with Crippen molar-refractivity contribution >= 4 is 16.9 Å². The number of rotatable bonds is 4. The number of benzene rings is 1. The van der Waals surface area contributed by atoms with E-state index >= 15 is 0 Å². The zero-order valence-electron chi connectivity index (χ0n) is 15.4. The number of carboxylic acids is 1. The molecule has 1 aromatic carbocycles. The van der Waals surface area contributed by atoms with Crippen LogP contribution in [-0.2, 0) is 4.79 Å². The Morgan fingerprint density at radius 3 is 2.67 bits per heavy atom.